The maximum atomic E-state index is 12.3. The van der Waals surface area contributed by atoms with Gasteiger partial charge in [-0.15, -0.1) is 0 Å². The normalized spacial score (nSPS) is 18.0. The van der Waals surface area contributed by atoms with E-state index in [1.54, 1.807) is 0 Å². The fourth-order valence-corrected chi connectivity index (χ4v) is 2.62. The van der Waals surface area contributed by atoms with Crippen molar-refractivity contribution in [2.45, 2.75) is 13.3 Å². The summed E-state index contributed by atoms with van der Waals surface area (Å²) in [4.78, 5) is 14.2. The second-order valence-corrected chi connectivity index (χ2v) is 5.83. The molecule has 1 fully saturated rings. The number of halogens is 1. The van der Waals surface area contributed by atoms with Crippen molar-refractivity contribution in [3.63, 3.8) is 0 Å². The van der Waals surface area contributed by atoms with E-state index in [9.17, 15) is 4.79 Å². The molecule has 4 nitrogen and oxygen atoms in total. The maximum absolute atomic E-state index is 12.3. The van der Waals surface area contributed by atoms with Crippen LogP contribution in [-0.4, -0.2) is 43.6 Å². The quantitative estimate of drug-likeness (QED) is 0.863. The topological polar surface area (TPSA) is 41.6 Å². The Hall–Kier alpha value is -1.07. The molecule has 1 aromatic rings. The van der Waals surface area contributed by atoms with E-state index in [4.69, 9.17) is 4.74 Å². The lowest BCUT2D eigenvalue weighted by atomic mass is 10.1. The number of likely N-dealkylation sites (N-methyl/N-ethyl adjacent to an activating group) is 1. The Bertz CT molecular complexity index is 430. The van der Waals surface area contributed by atoms with Crippen LogP contribution in [0.2, 0.25) is 0 Å². The number of hydrogen-bond acceptors (Lipinski definition) is 3. The first-order valence-electron chi connectivity index (χ1n) is 7.08. The molecule has 1 amide bonds. The van der Waals surface area contributed by atoms with E-state index in [2.05, 4.69) is 21.2 Å². The second kappa shape index (κ2) is 7.64. The van der Waals surface area contributed by atoms with Crippen LogP contribution < -0.4 is 10.1 Å². The number of carbonyl (C=O) groups excluding carboxylic acids is 1. The Labute approximate surface area is 128 Å². The lowest BCUT2D eigenvalue weighted by Gasteiger charge is -2.24. The maximum Gasteiger partial charge on any atom is 0.227 e. The molecule has 0 aliphatic carbocycles. The number of amides is 1. The van der Waals surface area contributed by atoms with Crippen molar-refractivity contribution in [1.29, 1.82) is 0 Å². The molecular formula is C15H21BrN2O2. The molecule has 110 valence electrons. The fraction of sp³-hybridized carbons (Fsp3) is 0.533. The zero-order valence-electron chi connectivity index (χ0n) is 11.8. The van der Waals surface area contributed by atoms with Crippen LogP contribution in [0.4, 0.5) is 0 Å². The molecule has 0 saturated carbocycles. The molecular weight excluding hydrogens is 320 g/mol. The number of nitrogens with zero attached hydrogens (tertiary/aromatic N) is 1. The van der Waals surface area contributed by atoms with E-state index in [1.807, 2.05) is 36.1 Å². The van der Waals surface area contributed by atoms with Gasteiger partial charge >= 0.3 is 0 Å². The average Bonchev–Trinajstić information content (AvgIpc) is 2.99. The summed E-state index contributed by atoms with van der Waals surface area (Å²) < 4.78 is 6.71. The third kappa shape index (κ3) is 4.21. The van der Waals surface area contributed by atoms with Crippen molar-refractivity contribution in [2.24, 2.45) is 5.92 Å². The smallest absolute Gasteiger partial charge is 0.227 e. The molecule has 0 bridgehead atoms. The fourth-order valence-electron chi connectivity index (χ4n) is 2.35. The number of benzene rings is 1. The molecule has 1 aromatic carbocycles. The van der Waals surface area contributed by atoms with Crippen LogP contribution in [0.3, 0.4) is 0 Å². The Morgan fingerprint density at radius 1 is 1.45 bits per heavy atom. The Morgan fingerprint density at radius 2 is 2.20 bits per heavy atom. The van der Waals surface area contributed by atoms with Crippen molar-refractivity contribution in [2.75, 3.05) is 32.8 Å². The van der Waals surface area contributed by atoms with Gasteiger partial charge in [-0.1, -0.05) is 15.9 Å². The van der Waals surface area contributed by atoms with Gasteiger partial charge < -0.3 is 15.0 Å². The molecule has 1 N–H and O–H groups in total. The van der Waals surface area contributed by atoms with E-state index in [-0.39, 0.29) is 11.8 Å². The summed E-state index contributed by atoms with van der Waals surface area (Å²) in [7, 11) is 0. The summed E-state index contributed by atoms with van der Waals surface area (Å²) in [6, 6.07) is 7.73. The predicted octanol–water partition coefficient (Wildman–Crippen LogP) is 2.29. The highest BCUT2D eigenvalue weighted by molar-refractivity contribution is 9.10. The third-order valence-corrected chi connectivity index (χ3v) is 4.08. The van der Waals surface area contributed by atoms with Crippen molar-refractivity contribution in [3.05, 3.63) is 28.7 Å². The molecule has 0 spiro atoms. The lowest BCUT2D eigenvalue weighted by Crippen LogP contribution is -2.39. The molecule has 1 unspecified atom stereocenters. The van der Waals surface area contributed by atoms with Gasteiger partial charge in [-0.2, -0.15) is 0 Å². The highest BCUT2D eigenvalue weighted by Crippen LogP contribution is 2.16. The molecule has 5 heteroatoms. The number of rotatable bonds is 6. The van der Waals surface area contributed by atoms with Crippen LogP contribution in [0.1, 0.15) is 13.3 Å². The monoisotopic (exact) mass is 340 g/mol. The van der Waals surface area contributed by atoms with Gasteiger partial charge in [0.1, 0.15) is 12.4 Å². The third-order valence-electron chi connectivity index (χ3n) is 3.55. The minimum absolute atomic E-state index is 0.141. The van der Waals surface area contributed by atoms with Crippen molar-refractivity contribution >= 4 is 21.8 Å². The van der Waals surface area contributed by atoms with Crippen LogP contribution in [0.5, 0.6) is 5.75 Å². The molecule has 1 heterocycles. The van der Waals surface area contributed by atoms with Gasteiger partial charge in [-0.05, 0) is 44.2 Å². The molecule has 1 saturated heterocycles. The van der Waals surface area contributed by atoms with E-state index < -0.39 is 0 Å². The second-order valence-electron chi connectivity index (χ2n) is 4.91. The van der Waals surface area contributed by atoms with E-state index in [0.717, 1.165) is 36.3 Å². The highest BCUT2D eigenvalue weighted by Gasteiger charge is 2.26. The molecule has 0 aromatic heterocycles. The summed E-state index contributed by atoms with van der Waals surface area (Å²) >= 11 is 3.39. The van der Waals surface area contributed by atoms with Crippen LogP contribution in [0, 0.1) is 5.92 Å². The first-order valence-corrected chi connectivity index (χ1v) is 7.88. The molecule has 1 aliphatic heterocycles. The highest BCUT2D eigenvalue weighted by atomic mass is 79.9. The Morgan fingerprint density at radius 3 is 2.80 bits per heavy atom. The van der Waals surface area contributed by atoms with Gasteiger partial charge in [-0.3, -0.25) is 4.79 Å². The predicted molar refractivity (Wildman–Crippen MR) is 82.9 cm³/mol. The zero-order chi connectivity index (χ0) is 14.4. The number of ether oxygens (including phenoxy) is 1. The first-order chi connectivity index (χ1) is 9.70. The van der Waals surface area contributed by atoms with Crippen LogP contribution in [0.15, 0.2) is 28.7 Å². The zero-order valence-corrected chi connectivity index (χ0v) is 13.4. The van der Waals surface area contributed by atoms with Crippen molar-refractivity contribution in [1.82, 2.24) is 10.2 Å². The van der Waals surface area contributed by atoms with Crippen LogP contribution in [0.25, 0.3) is 0 Å². The standard InChI is InChI=1S/C15H21BrN2O2/c1-2-18(15(19)12-7-8-17-11-12)9-10-20-14-5-3-13(16)4-6-14/h3-6,12,17H,2,7-11H2,1H3. The van der Waals surface area contributed by atoms with Gasteiger partial charge in [0.15, 0.2) is 0 Å². The molecule has 0 radical (unpaired) electrons. The summed E-state index contributed by atoms with van der Waals surface area (Å²) in [5.74, 6) is 1.22. The van der Waals surface area contributed by atoms with E-state index in [0.29, 0.717) is 13.2 Å². The first kappa shape index (κ1) is 15.3. The summed E-state index contributed by atoms with van der Waals surface area (Å²) in [5.41, 5.74) is 0. The molecule has 1 atom stereocenters. The molecule has 1 aliphatic rings. The minimum atomic E-state index is 0.141. The average molecular weight is 341 g/mol. The van der Waals surface area contributed by atoms with Gasteiger partial charge in [0.2, 0.25) is 5.91 Å². The summed E-state index contributed by atoms with van der Waals surface area (Å²) in [6.07, 6.45) is 0.947. The Kier molecular flexibility index (Phi) is 5.86. The van der Waals surface area contributed by atoms with E-state index in [1.165, 1.54) is 0 Å². The Balaban J connectivity index is 1.78. The van der Waals surface area contributed by atoms with Crippen molar-refractivity contribution in [3.8, 4) is 5.75 Å². The van der Waals surface area contributed by atoms with Gasteiger partial charge in [0, 0.05) is 17.6 Å². The number of nitrogens with one attached hydrogen (secondary N) is 1. The van der Waals surface area contributed by atoms with Crippen LogP contribution >= 0.6 is 15.9 Å². The van der Waals surface area contributed by atoms with Gasteiger partial charge in [0.05, 0.1) is 12.5 Å². The molecule has 20 heavy (non-hydrogen) atoms. The van der Waals surface area contributed by atoms with Crippen LogP contribution in [-0.2, 0) is 4.79 Å². The lowest BCUT2D eigenvalue weighted by molar-refractivity contribution is -0.135. The summed E-state index contributed by atoms with van der Waals surface area (Å²) in [6.45, 7) is 5.68. The largest absolute Gasteiger partial charge is 0.492 e. The number of hydrogen-bond donors (Lipinski definition) is 1. The summed E-state index contributed by atoms with van der Waals surface area (Å²) in [5, 5.41) is 3.24. The SMILES string of the molecule is CCN(CCOc1ccc(Br)cc1)C(=O)C1CCNC1. The number of carbonyl (C=O) groups is 1. The van der Waals surface area contributed by atoms with Gasteiger partial charge in [0.25, 0.3) is 0 Å². The molecule has 2 rings (SSSR count). The van der Waals surface area contributed by atoms with E-state index >= 15 is 0 Å². The van der Waals surface area contributed by atoms with Crippen molar-refractivity contribution < 1.29 is 9.53 Å². The van der Waals surface area contributed by atoms with Gasteiger partial charge in [-0.25, -0.2) is 0 Å². The minimum Gasteiger partial charge on any atom is -0.492 e.